The van der Waals surface area contributed by atoms with Crippen molar-refractivity contribution in [1.29, 1.82) is 0 Å². The number of hydrogen-bond acceptors (Lipinski definition) is 3. The van der Waals surface area contributed by atoms with E-state index in [4.69, 9.17) is 10.5 Å². The van der Waals surface area contributed by atoms with Crippen LogP contribution in [-0.4, -0.2) is 22.0 Å². The van der Waals surface area contributed by atoms with Gasteiger partial charge < -0.3 is 10.5 Å². The van der Waals surface area contributed by atoms with E-state index in [9.17, 15) is 0 Å². The number of aromatic nitrogens is 2. The quantitative estimate of drug-likeness (QED) is 0.929. The third kappa shape index (κ3) is 3.02. The predicted octanol–water partition coefficient (Wildman–Crippen LogP) is 3.34. The van der Waals surface area contributed by atoms with Crippen molar-refractivity contribution >= 4 is 0 Å². The van der Waals surface area contributed by atoms with Crippen LogP contribution in [0, 0.1) is 12.8 Å². The molecule has 2 heterocycles. The van der Waals surface area contributed by atoms with Gasteiger partial charge in [0.15, 0.2) is 0 Å². The van der Waals surface area contributed by atoms with Crippen molar-refractivity contribution in [2.75, 3.05) is 6.61 Å². The highest BCUT2D eigenvalue weighted by Gasteiger charge is 2.40. The molecule has 2 aliphatic rings. The van der Waals surface area contributed by atoms with Crippen LogP contribution >= 0.6 is 0 Å². The Balaban J connectivity index is 1.76. The number of nitrogens with two attached hydrogens (primary N) is 1. The zero-order valence-electron chi connectivity index (χ0n) is 13.5. The normalized spacial score (nSPS) is 26.9. The second-order valence-corrected chi connectivity index (χ2v) is 6.90. The highest BCUT2D eigenvalue weighted by atomic mass is 16.5. The smallest absolute Gasteiger partial charge is 0.0686 e. The number of rotatable bonds is 3. The van der Waals surface area contributed by atoms with Gasteiger partial charge in [-0.1, -0.05) is 19.3 Å². The van der Waals surface area contributed by atoms with Gasteiger partial charge in [0.1, 0.15) is 0 Å². The van der Waals surface area contributed by atoms with Crippen LogP contribution in [0.15, 0.2) is 6.07 Å². The molecule has 2 N–H and O–H groups in total. The van der Waals surface area contributed by atoms with Gasteiger partial charge in [0, 0.05) is 19.2 Å². The first-order valence-corrected chi connectivity index (χ1v) is 8.57. The third-order valence-electron chi connectivity index (χ3n) is 5.38. The first-order valence-electron chi connectivity index (χ1n) is 8.57. The first kappa shape index (κ1) is 15.0. The summed E-state index contributed by atoms with van der Waals surface area (Å²) in [6.07, 6.45) is 8.65. The minimum atomic E-state index is 0.0915. The second kappa shape index (κ2) is 6.09. The van der Waals surface area contributed by atoms with E-state index in [0.29, 0.717) is 5.92 Å². The SMILES string of the molecule is CCn1nc(C)cc1C(N)C1CCOC2(CCCCC2)C1. The van der Waals surface area contributed by atoms with E-state index in [1.54, 1.807) is 0 Å². The fraction of sp³-hybridized carbons (Fsp3) is 0.824. The average molecular weight is 291 g/mol. The Labute approximate surface area is 128 Å². The molecule has 1 aliphatic heterocycles. The van der Waals surface area contributed by atoms with Crippen LogP contribution in [0.3, 0.4) is 0 Å². The predicted molar refractivity (Wildman–Crippen MR) is 84.1 cm³/mol. The topological polar surface area (TPSA) is 53.1 Å². The maximum Gasteiger partial charge on any atom is 0.0686 e. The lowest BCUT2D eigenvalue weighted by atomic mass is 9.74. The van der Waals surface area contributed by atoms with E-state index in [2.05, 4.69) is 29.7 Å². The molecule has 118 valence electrons. The van der Waals surface area contributed by atoms with Gasteiger partial charge in [0.25, 0.3) is 0 Å². The van der Waals surface area contributed by atoms with E-state index in [0.717, 1.165) is 31.7 Å². The summed E-state index contributed by atoms with van der Waals surface area (Å²) < 4.78 is 8.28. The molecule has 4 nitrogen and oxygen atoms in total. The van der Waals surface area contributed by atoms with Gasteiger partial charge in [-0.2, -0.15) is 5.10 Å². The van der Waals surface area contributed by atoms with Crippen LogP contribution in [0.5, 0.6) is 0 Å². The Morgan fingerprint density at radius 3 is 2.90 bits per heavy atom. The Morgan fingerprint density at radius 1 is 1.43 bits per heavy atom. The standard InChI is InChI=1S/C17H29N3O/c1-3-20-15(11-13(2)19-20)16(18)14-7-10-21-17(12-14)8-5-4-6-9-17/h11,14,16H,3-10,12,18H2,1-2H3. The summed E-state index contributed by atoms with van der Waals surface area (Å²) >= 11 is 0. The molecule has 3 rings (SSSR count). The molecule has 1 spiro atoms. The molecule has 0 aromatic carbocycles. The fourth-order valence-corrected chi connectivity index (χ4v) is 4.25. The molecule has 1 saturated heterocycles. The lowest BCUT2D eigenvalue weighted by molar-refractivity contribution is -0.120. The van der Waals surface area contributed by atoms with Crippen molar-refractivity contribution in [3.05, 3.63) is 17.5 Å². The molecular formula is C17H29N3O. The van der Waals surface area contributed by atoms with Crippen molar-refractivity contribution < 1.29 is 4.74 Å². The van der Waals surface area contributed by atoms with Crippen LogP contribution in [0.25, 0.3) is 0 Å². The minimum absolute atomic E-state index is 0.0915. The molecule has 21 heavy (non-hydrogen) atoms. The Hall–Kier alpha value is -0.870. The molecule has 2 fully saturated rings. The maximum absolute atomic E-state index is 6.63. The zero-order chi connectivity index (χ0) is 14.9. The lowest BCUT2D eigenvalue weighted by Gasteiger charge is -2.45. The van der Waals surface area contributed by atoms with E-state index in [1.807, 2.05) is 0 Å². The molecule has 2 atom stereocenters. The monoisotopic (exact) mass is 291 g/mol. The summed E-state index contributed by atoms with van der Waals surface area (Å²) in [5.74, 6) is 0.526. The van der Waals surface area contributed by atoms with E-state index >= 15 is 0 Å². The second-order valence-electron chi connectivity index (χ2n) is 6.90. The molecule has 0 bridgehead atoms. The van der Waals surface area contributed by atoms with Crippen molar-refractivity contribution in [3.8, 4) is 0 Å². The molecular weight excluding hydrogens is 262 g/mol. The number of aryl methyl sites for hydroxylation is 2. The van der Waals surface area contributed by atoms with Gasteiger partial charge in [-0.05, 0) is 51.5 Å². The maximum atomic E-state index is 6.63. The van der Waals surface area contributed by atoms with Crippen LogP contribution in [0.2, 0.25) is 0 Å². The number of ether oxygens (including phenoxy) is 1. The largest absolute Gasteiger partial charge is 0.375 e. The van der Waals surface area contributed by atoms with Gasteiger partial charge >= 0.3 is 0 Å². The number of nitrogens with zero attached hydrogens (tertiary/aromatic N) is 2. The van der Waals surface area contributed by atoms with Crippen LogP contribution in [-0.2, 0) is 11.3 Å². The average Bonchev–Trinajstić information content (AvgIpc) is 2.88. The summed E-state index contributed by atoms with van der Waals surface area (Å²) in [5.41, 5.74) is 9.04. The molecule has 1 aliphatic carbocycles. The third-order valence-corrected chi connectivity index (χ3v) is 5.38. The van der Waals surface area contributed by atoms with Gasteiger partial charge in [0.05, 0.1) is 17.0 Å². The van der Waals surface area contributed by atoms with Crippen molar-refractivity contribution in [2.24, 2.45) is 11.7 Å². The van der Waals surface area contributed by atoms with Gasteiger partial charge in [-0.25, -0.2) is 0 Å². The highest BCUT2D eigenvalue weighted by molar-refractivity contribution is 5.14. The van der Waals surface area contributed by atoms with Crippen molar-refractivity contribution in [2.45, 2.75) is 77.0 Å². The fourth-order valence-electron chi connectivity index (χ4n) is 4.25. The summed E-state index contributed by atoms with van der Waals surface area (Å²) in [5, 5.41) is 4.55. The Morgan fingerprint density at radius 2 is 2.19 bits per heavy atom. The molecule has 4 heteroatoms. The molecule has 0 radical (unpaired) electrons. The minimum Gasteiger partial charge on any atom is -0.375 e. The summed E-state index contributed by atoms with van der Waals surface area (Å²) in [4.78, 5) is 0. The molecule has 1 saturated carbocycles. The highest BCUT2D eigenvalue weighted by Crippen LogP contribution is 2.43. The van der Waals surface area contributed by atoms with Gasteiger partial charge in [-0.3, -0.25) is 4.68 Å². The molecule has 1 aromatic heterocycles. The molecule has 0 amide bonds. The van der Waals surface area contributed by atoms with E-state index < -0.39 is 0 Å². The Kier molecular flexibility index (Phi) is 4.36. The molecule has 1 aromatic rings. The molecule has 2 unspecified atom stereocenters. The summed E-state index contributed by atoms with van der Waals surface area (Å²) in [7, 11) is 0. The summed E-state index contributed by atoms with van der Waals surface area (Å²) in [6.45, 7) is 5.95. The van der Waals surface area contributed by atoms with Gasteiger partial charge in [-0.15, -0.1) is 0 Å². The lowest BCUT2D eigenvalue weighted by Crippen LogP contribution is -2.44. The number of hydrogen-bond donors (Lipinski definition) is 1. The van der Waals surface area contributed by atoms with E-state index in [-0.39, 0.29) is 11.6 Å². The van der Waals surface area contributed by atoms with E-state index in [1.165, 1.54) is 37.8 Å². The van der Waals surface area contributed by atoms with Crippen molar-refractivity contribution in [1.82, 2.24) is 9.78 Å². The summed E-state index contributed by atoms with van der Waals surface area (Å²) in [6, 6.07) is 2.26. The van der Waals surface area contributed by atoms with Crippen molar-refractivity contribution in [3.63, 3.8) is 0 Å². The zero-order valence-corrected chi connectivity index (χ0v) is 13.5. The Bertz CT molecular complexity index is 471. The van der Waals surface area contributed by atoms with Crippen LogP contribution < -0.4 is 5.73 Å². The van der Waals surface area contributed by atoms with Crippen LogP contribution in [0.1, 0.15) is 69.3 Å². The van der Waals surface area contributed by atoms with Crippen LogP contribution in [0.4, 0.5) is 0 Å². The first-order chi connectivity index (χ1) is 10.1. The van der Waals surface area contributed by atoms with Gasteiger partial charge in [0.2, 0.25) is 0 Å².